The van der Waals surface area contributed by atoms with Gasteiger partial charge in [0.05, 0.1) is 5.69 Å². The third-order valence-electron chi connectivity index (χ3n) is 7.25. The van der Waals surface area contributed by atoms with E-state index in [0.29, 0.717) is 37.7 Å². The van der Waals surface area contributed by atoms with Gasteiger partial charge in [0.2, 0.25) is 0 Å². The number of imide groups is 1. The number of nitrogens with zero attached hydrogens (tertiary/aromatic N) is 3. The van der Waals surface area contributed by atoms with Crippen LogP contribution in [0.15, 0.2) is 127 Å². The van der Waals surface area contributed by atoms with Gasteiger partial charge in [0.1, 0.15) is 11.9 Å². The largest absolute Gasteiger partial charge is 0.417 e. The molecule has 1 fully saturated rings. The van der Waals surface area contributed by atoms with E-state index in [1.807, 2.05) is 30.3 Å². The quantitative estimate of drug-likeness (QED) is 0.187. The Bertz CT molecular complexity index is 1870. The Morgan fingerprint density at radius 3 is 1.83 bits per heavy atom. The maximum Gasteiger partial charge on any atom is 0.417 e. The molecule has 8 nitrogen and oxygen atoms in total. The highest BCUT2D eigenvalue weighted by Crippen LogP contribution is 2.42. The zero-order chi connectivity index (χ0) is 32.2. The molecule has 1 unspecified atom stereocenters. The molecule has 0 aromatic heterocycles. The summed E-state index contributed by atoms with van der Waals surface area (Å²) >= 11 is 18.4. The van der Waals surface area contributed by atoms with Crippen molar-refractivity contribution in [3.63, 3.8) is 0 Å². The molecule has 1 aliphatic rings. The number of carbonyl (C=O) groups excluding carboxylic acids is 3. The molecule has 11 heteroatoms. The molecule has 1 N–H and O–H groups in total. The molecule has 6 rings (SSSR count). The van der Waals surface area contributed by atoms with Crippen LogP contribution in [-0.4, -0.2) is 23.1 Å². The van der Waals surface area contributed by atoms with Crippen LogP contribution >= 0.6 is 34.8 Å². The predicted octanol–water partition coefficient (Wildman–Crippen LogP) is 10.0. The van der Waals surface area contributed by atoms with Gasteiger partial charge in [-0.2, -0.15) is 0 Å². The van der Waals surface area contributed by atoms with E-state index in [2.05, 4.69) is 5.32 Å². The SMILES string of the molecule is O=C(Nc1ccc(Cl)cc1)Oc1ccccc1C1N(Cc2ccccc2)C(=O)N(c2ccc(Cl)cc2)C(=O)N1c1ccc(Cl)cc1. The van der Waals surface area contributed by atoms with Crippen molar-refractivity contribution in [2.24, 2.45) is 0 Å². The van der Waals surface area contributed by atoms with E-state index in [-0.39, 0.29) is 12.3 Å². The van der Waals surface area contributed by atoms with E-state index >= 15 is 0 Å². The highest BCUT2D eigenvalue weighted by Gasteiger charge is 2.47. The number of carbonyl (C=O) groups is 3. The fraction of sp³-hybridized carbons (Fsp3) is 0.0571. The molecule has 5 amide bonds. The number of anilines is 3. The number of ether oxygens (including phenoxy) is 1. The summed E-state index contributed by atoms with van der Waals surface area (Å²) in [7, 11) is 0. The van der Waals surface area contributed by atoms with Gasteiger partial charge in [0.25, 0.3) is 0 Å². The molecule has 0 saturated carbocycles. The van der Waals surface area contributed by atoms with Crippen molar-refractivity contribution in [3.8, 4) is 5.75 Å². The Kier molecular flexibility index (Phi) is 9.12. The Balaban J connectivity index is 1.47. The molecule has 230 valence electrons. The van der Waals surface area contributed by atoms with Gasteiger partial charge in [-0.3, -0.25) is 15.1 Å². The molecule has 1 heterocycles. The monoisotopic (exact) mass is 670 g/mol. The smallest absolute Gasteiger partial charge is 0.410 e. The number of rotatable bonds is 7. The first-order chi connectivity index (χ1) is 22.3. The van der Waals surface area contributed by atoms with Crippen molar-refractivity contribution >= 4 is 70.0 Å². The molecule has 1 saturated heterocycles. The number of para-hydroxylation sites is 1. The Morgan fingerprint density at radius 1 is 0.652 bits per heavy atom. The number of halogens is 3. The van der Waals surface area contributed by atoms with Crippen molar-refractivity contribution in [1.29, 1.82) is 0 Å². The van der Waals surface area contributed by atoms with Crippen LogP contribution in [0.2, 0.25) is 15.1 Å². The van der Waals surface area contributed by atoms with Crippen molar-refractivity contribution < 1.29 is 19.1 Å². The molecule has 5 aromatic rings. The number of urea groups is 2. The molecule has 46 heavy (non-hydrogen) atoms. The minimum absolute atomic E-state index is 0.122. The summed E-state index contributed by atoms with van der Waals surface area (Å²) in [6.07, 6.45) is -1.80. The molecule has 5 aromatic carbocycles. The summed E-state index contributed by atoms with van der Waals surface area (Å²) in [5.74, 6) is 0.150. The van der Waals surface area contributed by atoms with Gasteiger partial charge in [0, 0.05) is 38.6 Å². The first-order valence-corrected chi connectivity index (χ1v) is 15.2. The van der Waals surface area contributed by atoms with E-state index in [1.54, 1.807) is 102 Å². The molecule has 0 bridgehead atoms. The Labute approximate surface area is 280 Å². The van der Waals surface area contributed by atoms with E-state index in [1.165, 1.54) is 4.90 Å². The summed E-state index contributed by atoms with van der Waals surface area (Å²) in [5, 5.41) is 4.13. The molecule has 1 atom stereocenters. The average Bonchev–Trinajstić information content (AvgIpc) is 3.06. The van der Waals surface area contributed by atoms with Crippen LogP contribution in [-0.2, 0) is 6.54 Å². The van der Waals surface area contributed by atoms with Crippen LogP contribution in [0.4, 0.5) is 31.4 Å². The minimum Gasteiger partial charge on any atom is -0.410 e. The highest BCUT2D eigenvalue weighted by atomic mass is 35.5. The van der Waals surface area contributed by atoms with E-state index in [9.17, 15) is 14.4 Å². The summed E-state index contributed by atoms with van der Waals surface area (Å²) < 4.78 is 5.82. The standard InChI is InChI=1S/C35H25Cl3N4O4/c36-24-10-16-27(17-11-24)39-33(43)46-31-9-5-4-8-30(31)32-40(22-23-6-2-1-3-7-23)34(44)42(29-20-14-26(38)15-21-29)35(45)41(32)28-18-12-25(37)13-19-28/h1-21,32H,22H2,(H,39,43). The topological polar surface area (TPSA) is 82.2 Å². The maximum atomic E-state index is 14.5. The fourth-order valence-electron chi connectivity index (χ4n) is 5.14. The molecule has 0 spiro atoms. The lowest BCUT2D eigenvalue weighted by Crippen LogP contribution is -2.62. The summed E-state index contributed by atoms with van der Waals surface area (Å²) in [5.41, 5.74) is 2.49. The van der Waals surface area contributed by atoms with E-state index < -0.39 is 24.3 Å². The van der Waals surface area contributed by atoms with E-state index in [4.69, 9.17) is 39.5 Å². The van der Waals surface area contributed by atoms with Crippen LogP contribution in [0, 0.1) is 0 Å². The zero-order valence-corrected chi connectivity index (χ0v) is 26.3. The Hall–Kier alpha value is -5.02. The molecule has 0 radical (unpaired) electrons. The van der Waals surface area contributed by atoms with Gasteiger partial charge >= 0.3 is 18.2 Å². The first kappa shape index (κ1) is 31.0. The van der Waals surface area contributed by atoms with Crippen molar-refractivity contribution in [2.45, 2.75) is 12.7 Å². The lowest BCUT2D eigenvalue weighted by molar-refractivity contribution is 0.161. The van der Waals surface area contributed by atoms with Crippen molar-refractivity contribution in [2.75, 3.05) is 15.1 Å². The molecule has 0 aliphatic carbocycles. The number of nitrogens with one attached hydrogen (secondary N) is 1. The highest BCUT2D eigenvalue weighted by molar-refractivity contribution is 6.31. The van der Waals surface area contributed by atoms with Crippen molar-refractivity contribution in [3.05, 3.63) is 154 Å². The maximum absolute atomic E-state index is 14.5. The van der Waals surface area contributed by atoms with Crippen LogP contribution in [0.25, 0.3) is 0 Å². The van der Waals surface area contributed by atoms with Gasteiger partial charge in [0.15, 0.2) is 0 Å². The number of hydrogen-bond acceptors (Lipinski definition) is 4. The van der Waals surface area contributed by atoms with Crippen LogP contribution in [0.3, 0.4) is 0 Å². The van der Waals surface area contributed by atoms with E-state index in [0.717, 1.165) is 10.5 Å². The Morgan fingerprint density at radius 2 is 1.20 bits per heavy atom. The van der Waals surface area contributed by atoms with Gasteiger partial charge < -0.3 is 4.74 Å². The number of hydrogen-bond donors (Lipinski definition) is 1. The second kappa shape index (κ2) is 13.5. The van der Waals surface area contributed by atoms with Gasteiger partial charge in [-0.05, 0) is 84.4 Å². The molecular weight excluding hydrogens is 647 g/mol. The lowest BCUT2D eigenvalue weighted by Gasteiger charge is -2.47. The summed E-state index contributed by atoms with van der Waals surface area (Å²) in [4.78, 5) is 46.2. The summed E-state index contributed by atoms with van der Waals surface area (Å²) in [6.45, 7) is 0.122. The minimum atomic E-state index is -1.04. The molecule has 1 aliphatic heterocycles. The average molecular weight is 672 g/mol. The van der Waals surface area contributed by atoms with Crippen LogP contribution in [0.5, 0.6) is 5.75 Å². The second-order valence-corrected chi connectivity index (χ2v) is 11.6. The normalized spacial score (nSPS) is 14.8. The fourth-order valence-corrected chi connectivity index (χ4v) is 5.51. The van der Waals surface area contributed by atoms with Crippen molar-refractivity contribution in [1.82, 2.24) is 4.90 Å². The third kappa shape index (κ3) is 6.65. The predicted molar refractivity (Wildman–Crippen MR) is 181 cm³/mol. The summed E-state index contributed by atoms with van der Waals surface area (Å²) in [6, 6.07) is 34.7. The lowest BCUT2D eigenvalue weighted by atomic mass is 10.1. The first-order valence-electron chi connectivity index (χ1n) is 14.1. The molecular formula is C35H25Cl3N4O4. The second-order valence-electron chi connectivity index (χ2n) is 10.3. The number of amides is 5. The van der Waals surface area contributed by atoms with Gasteiger partial charge in [-0.1, -0.05) is 83.3 Å². The van der Waals surface area contributed by atoms with Crippen LogP contribution < -0.4 is 19.9 Å². The third-order valence-corrected chi connectivity index (χ3v) is 8.01. The number of benzene rings is 5. The van der Waals surface area contributed by atoms with Crippen LogP contribution in [0.1, 0.15) is 17.3 Å². The zero-order valence-electron chi connectivity index (χ0n) is 24.0. The van der Waals surface area contributed by atoms with Gasteiger partial charge in [-0.25, -0.2) is 19.3 Å². The van der Waals surface area contributed by atoms with Gasteiger partial charge in [-0.15, -0.1) is 0 Å².